The van der Waals surface area contributed by atoms with E-state index in [4.69, 9.17) is 0 Å². The van der Waals surface area contributed by atoms with Gasteiger partial charge in [0.25, 0.3) is 0 Å². The normalized spacial score (nSPS) is 20.5. The van der Waals surface area contributed by atoms with Crippen LogP contribution in [0.15, 0.2) is 0 Å². The van der Waals surface area contributed by atoms with Crippen molar-refractivity contribution in [3.05, 3.63) is 0 Å². The molecule has 1 rings (SSSR count). The minimum atomic E-state index is -0.00526. The van der Waals surface area contributed by atoms with Crippen LogP contribution in [0.1, 0.15) is 26.7 Å². The van der Waals surface area contributed by atoms with Crippen LogP contribution >= 0.6 is 0 Å². The topological polar surface area (TPSA) is 70.2 Å². The molecule has 1 heterocycles. The van der Waals surface area contributed by atoms with Crippen LogP contribution in [0.25, 0.3) is 0 Å². The van der Waals surface area contributed by atoms with Gasteiger partial charge in [0.1, 0.15) is 0 Å². The molecule has 0 aliphatic carbocycles. The van der Waals surface area contributed by atoms with Gasteiger partial charge in [0.2, 0.25) is 11.8 Å². The van der Waals surface area contributed by atoms with E-state index in [0.29, 0.717) is 19.5 Å². The molecule has 3 N–H and O–H groups in total. The standard InChI is InChI=1S/C10H19N3O2/c1-7(2)12-10(15)6-11-5-8-3-4-9(14)13-8/h7-8,11H,3-6H2,1-2H3,(H,12,15)(H,13,14). The zero-order valence-electron chi connectivity index (χ0n) is 9.30. The SMILES string of the molecule is CC(C)NC(=O)CNCC1CCC(=O)N1. The summed E-state index contributed by atoms with van der Waals surface area (Å²) < 4.78 is 0. The first-order valence-corrected chi connectivity index (χ1v) is 5.37. The van der Waals surface area contributed by atoms with Crippen molar-refractivity contribution in [1.29, 1.82) is 0 Å². The second-order valence-corrected chi connectivity index (χ2v) is 4.16. The zero-order valence-corrected chi connectivity index (χ0v) is 9.30. The van der Waals surface area contributed by atoms with Gasteiger partial charge >= 0.3 is 0 Å². The lowest BCUT2D eigenvalue weighted by Gasteiger charge is -2.12. The maximum absolute atomic E-state index is 11.2. The van der Waals surface area contributed by atoms with Crippen LogP contribution in [0.5, 0.6) is 0 Å². The Bertz CT molecular complexity index is 241. The van der Waals surface area contributed by atoms with E-state index < -0.39 is 0 Å². The summed E-state index contributed by atoms with van der Waals surface area (Å²) >= 11 is 0. The van der Waals surface area contributed by atoms with Crippen LogP contribution in [0.2, 0.25) is 0 Å². The van der Waals surface area contributed by atoms with E-state index in [1.54, 1.807) is 0 Å². The molecule has 5 heteroatoms. The maximum atomic E-state index is 11.2. The summed E-state index contributed by atoms with van der Waals surface area (Å²) in [5.41, 5.74) is 0. The zero-order chi connectivity index (χ0) is 11.3. The summed E-state index contributed by atoms with van der Waals surface area (Å²) in [5, 5.41) is 8.65. The molecule has 0 saturated carbocycles. The van der Waals surface area contributed by atoms with Crippen molar-refractivity contribution in [2.75, 3.05) is 13.1 Å². The number of carbonyl (C=O) groups excluding carboxylic acids is 2. The molecule has 1 atom stereocenters. The fraction of sp³-hybridized carbons (Fsp3) is 0.800. The second kappa shape index (κ2) is 5.70. The molecule has 0 aromatic carbocycles. The molecular weight excluding hydrogens is 194 g/mol. The number of hydrogen-bond acceptors (Lipinski definition) is 3. The van der Waals surface area contributed by atoms with E-state index in [1.807, 2.05) is 13.8 Å². The highest BCUT2D eigenvalue weighted by Crippen LogP contribution is 2.04. The van der Waals surface area contributed by atoms with Crippen LogP contribution in [-0.2, 0) is 9.59 Å². The molecule has 1 saturated heterocycles. The highest BCUT2D eigenvalue weighted by Gasteiger charge is 2.20. The first kappa shape index (κ1) is 12.0. The van der Waals surface area contributed by atoms with Gasteiger partial charge in [0, 0.05) is 25.0 Å². The second-order valence-electron chi connectivity index (χ2n) is 4.16. The van der Waals surface area contributed by atoms with Crippen molar-refractivity contribution in [3.63, 3.8) is 0 Å². The number of hydrogen-bond donors (Lipinski definition) is 3. The molecule has 15 heavy (non-hydrogen) atoms. The lowest BCUT2D eigenvalue weighted by molar-refractivity contribution is -0.120. The summed E-state index contributed by atoms with van der Waals surface area (Å²) in [5.74, 6) is 0.0998. The first-order chi connectivity index (χ1) is 7.08. The van der Waals surface area contributed by atoms with Gasteiger partial charge in [-0.1, -0.05) is 0 Å². The van der Waals surface area contributed by atoms with E-state index in [1.165, 1.54) is 0 Å². The monoisotopic (exact) mass is 213 g/mol. The van der Waals surface area contributed by atoms with Gasteiger partial charge < -0.3 is 16.0 Å². The molecule has 0 aromatic heterocycles. The minimum Gasteiger partial charge on any atom is -0.353 e. The molecular formula is C10H19N3O2. The van der Waals surface area contributed by atoms with Crippen LogP contribution < -0.4 is 16.0 Å². The maximum Gasteiger partial charge on any atom is 0.234 e. The Morgan fingerprint density at radius 3 is 2.87 bits per heavy atom. The number of carbonyl (C=O) groups is 2. The Hall–Kier alpha value is -1.10. The quantitative estimate of drug-likeness (QED) is 0.570. The van der Waals surface area contributed by atoms with Crippen molar-refractivity contribution in [3.8, 4) is 0 Å². The van der Waals surface area contributed by atoms with Crippen LogP contribution in [0.3, 0.4) is 0 Å². The van der Waals surface area contributed by atoms with Crippen molar-refractivity contribution >= 4 is 11.8 Å². The lowest BCUT2D eigenvalue weighted by Crippen LogP contribution is -2.42. The highest BCUT2D eigenvalue weighted by molar-refractivity contribution is 5.79. The van der Waals surface area contributed by atoms with Crippen LogP contribution in [0.4, 0.5) is 0 Å². The van der Waals surface area contributed by atoms with Crippen molar-refractivity contribution in [2.45, 2.75) is 38.8 Å². The summed E-state index contributed by atoms with van der Waals surface area (Å²) in [7, 11) is 0. The molecule has 86 valence electrons. The summed E-state index contributed by atoms with van der Waals surface area (Å²) in [6.07, 6.45) is 1.46. The molecule has 0 bridgehead atoms. The lowest BCUT2D eigenvalue weighted by atomic mass is 10.2. The van der Waals surface area contributed by atoms with E-state index in [9.17, 15) is 9.59 Å². The van der Waals surface area contributed by atoms with Crippen molar-refractivity contribution in [2.24, 2.45) is 0 Å². The van der Waals surface area contributed by atoms with Crippen LogP contribution in [0, 0.1) is 0 Å². The average molecular weight is 213 g/mol. The third-order valence-electron chi connectivity index (χ3n) is 2.21. The fourth-order valence-electron chi connectivity index (χ4n) is 1.56. The van der Waals surface area contributed by atoms with Gasteiger partial charge in [-0.05, 0) is 20.3 Å². The molecule has 1 unspecified atom stereocenters. The Kier molecular flexibility index (Phi) is 4.55. The van der Waals surface area contributed by atoms with E-state index >= 15 is 0 Å². The smallest absolute Gasteiger partial charge is 0.234 e. The minimum absolute atomic E-state index is 0.00526. The molecule has 2 amide bonds. The number of nitrogens with one attached hydrogen (secondary N) is 3. The van der Waals surface area contributed by atoms with E-state index in [0.717, 1.165) is 6.42 Å². The Morgan fingerprint density at radius 2 is 2.33 bits per heavy atom. The van der Waals surface area contributed by atoms with Gasteiger partial charge in [-0.3, -0.25) is 9.59 Å². The molecule has 1 fully saturated rings. The number of amides is 2. The van der Waals surface area contributed by atoms with Gasteiger partial charge in [0.15, 0.2) is 0 Å². The predicted octanol–water partition coefficient (Wildman–Crippen LogP) is -0.621. The van der Waals surface area contributed by atoms with Gasteiger partial charge in [-0.15, -0.1) is 0 Å². The molecule has 0 aromatic rings. The van der Waals surface area contributed by atoms with Crippen molar-refractivity contribution < 1.29 is 9.59 Å². The molecule has 1 aliphatic rings. The number of rotatable bonds is 5. The fourth-order valence-corrected chi connectivity index (χ4v) is 1.56. The summed E-state index contributed by atoms with van der Waals surface area (Å²) in [6.45, 7) is 4.83. The molecule has 1 aliphatic heterocycles. The average Bonchev–Trinajstić information content (AvgIpc) is 2.50. The van der Waals surface area contributed by atoms with Gasteiger partial charge in [0.05, 0.1) is 6.54 Å². The molecule has 0 spiro atoms. The predicted molar refractivity (Wildman–Crippen MR) is 57.3 cm³/mol. The highest BCUT2D eigenvalue weighted by atomic mass is 16.2. The third-order valence-corrected chi connectivity index (χ3v) is 2.21. The molecule has 0 radical (unpaired) electrons. The molecule has 5 nitrogen and oxygen atoms in total. The Balaban J connectivity index is 2.06. The third kappa shape index (κ3) is 4.78. The Labute approximate surface area is 90.0 Å². The van der Waals surface area contributed by atoms with Gasteiger partial charge in [-0.25, -0.2) is 0 Å². The first-order valence-electron chi connectivity index (χ1n) is 5.37. The largest absolute Gasteiger partial charge is 0.353 e. The summed E-state index contributed by atoms with van der Waals surface area (Å²) in [6, 6.07) is 0.356. The van der Waals surface area contributed by atoms with Crippen molar-refractivity contribution in [1.82, 2.24) is 16.0 Å². The van der Waals surface area contributed by atoms with Crippen LogP contribution in [-0.4, -0.2) is 37.0 Å². The Morgan fingerprint density at radius 1 is 1.60 bits per heavy atom. The van der Waals surface area contributed by atoms with E-state index in [2.05, 4.69) is 16.0 Å². The van der Waals surface area contributed by atoms with E-state index in [-0.39, 0.29) is 23.9 Å². The summed E-state index contributed by atoms with van der Waals surface area (Å²) in [4.78, 5) is 22.1. The van der Waals surface area contributed by atoms with Gasteiger partial charge in [-0.2, -0.15) is 0 Å².